The average Bonchev–Trinajstić information content (AvgIpc) is 2.96. The van der Waals surface area contributed by atoms with E-state index in [4.69, 9.17) is 24.2 Å². The number of aromatic nitrogens is 2. The minimum absolute atomic E-state index is 0.133. The largest absolute Gasteiger partial charge is 0.488 e. The van der Waals surface area contributed by atoms with Gasteiger partial charge in [0.25, 0.3) is 5.56 Å². The smallest absolute Gasteiger partial charge is 0.394 e. The molecule has 30 heavy (non-hydrogen) atoms. The zero-order chi connectivity index (χ0) is 22.9. The van der Waals surface area contributed by atoms with Gasteiger partial charge in [0.05, 0.1) is 12.7 Å². The van der Waals surface area contributed by atoms with Crippen molar-refractivity contribution in [1.82, 2.24) is 9.55 Å². The molecule has 172 valence electrons. The highest BCUT2D eigenvalue weighted by atomic mass is 31.3. The fourth-order valence-corrected chi connectivity index (χ4v) is 5.86. The molecule has 6 N–H and O–H groups in total. The van der Waals surface area contributed by atoms with E-state index in [1.54, 1.807) is 0 Å². The Morgan fingerprint density at radius 1 is 1.20 bits per heavy atom. The molecule has 5 atom stereocenters. The number of rotatable bonds is 9. The molecule has 0 amide bonds. The van der Waals surface area contributed by atoms with Crippen molar-refractivity contribution >= 4 is 23.2 Å². The molecule has 1 aromatic rings. The Bertz CT molecular complexity index is 1030. The number of aromatic amines is 1. The number of hydrogen-bond acceptors (Lipinski definition) is 10. The zero-order valence-corrected chi connectivity index (χ0v) is 17.8. The Hall–Kier alpha value is -0.990. The lowest BCUT2D eigenvalue weighted by atomic mass is 10.2. The molecule has 16 nitrogen and oxygen atoms in total. The Labute approximate surface area is 167 Å². The first kappa shape index (κ1) is 25.3. The minimum Gasteiger partial charge on any atom is -0.394 e. The van der Waals surface area contributed by atoms with E-state index < -0.39 is 65.9 Å². The molecular formula is C11H19N2O14P3. The van der Waals surface area contributed by atoms with Gasteiger partial charge >= 0.3 is 28.9 Å². The average molecular weight is 496 g/mol. The number of hydrogen-bond donors (Lipinski definition) is 6. The summed E-state index contributed by atoms with van der Waals surface area (Å²) in [6, 6.07) is 0. The van der Waals surface area contributed by atoms with Gasteiger partial charge in [-0.25, -0.2) is 18.2 Å². The van der Waals surface area contributed by atoms with Gasteiger partial charge < -0.3 is 34.2 Å². The number of aryl methyl sites for hydroxylation is 1. The van der Waals surface area contributed by atoms with Gasteiger partial charge in [-0.2, -0.15) is 4.31 Å². The summed E-state index contributed by atoms with van der Waals surface area (Å²) in [6.07, 6.45) is -3.35. The van der Waals surface area contributed by atoms with Crippen molar-refractivity contribution in [3.63, 3.8) is 0 Å². The Morgan fingerprint density at radius 3 is 2.40 bits per heavy atom. The van der Waals surface area contributed by atoms with Crippen LogP contribution in [0.25, 0.3) is 0 Å². The number of ether oxygens (including phenoxy) is 2. The lowest BCUT2D eigenvalue weighted by molar-refractivity contribution is -0.0573. The number of phosphoric acid groups is 2. The van der Waals surface area contributed by atoms with Crippen LogP contribution in [0.1, 0.15) is 18.2 Å². The summed E-state index contributed by atoms with van der Waals surface area (Å²) in [4.78, 5) is 61.2. The lowest BCUT2D eigenvalue weighted by Crippen LogP contribution is -2.33. The molecule has 1 aliphatic rings. The summed E-state index contributed by atoms with van der Waals surface area (Å²) in [5, 5.41) is 9.41. The molecule has 0 aliphatic carbocycles. The van der Waals surface area contributed by atoms with Crippen LogP contribution in [0.2, 0.25) is 0 Å². The second-order valence-corrected chi connectivity index (χ2v) is 10.9. The van der Waals surface area contributed by atoms with Gasteiger partial charge in [-0.05, 0) is 6.92 Å². The Kier molecular flexibility index (Phi) is 7.79. The van der Waals surface area contributed by atoms with Crippen molar-refractivity contribution in [1.29, 1.82) is 0 Å². The number of H-pyrrole nitrogens is 1. The van der Waals surface area contributed by atoms with Crippen molar-refractivity contribution in [3.8, 4) is 0 Å². The fourth-order valence-electron chi connectivity index (χ4n) is 2.53. The normalized spacial score (nSPS) is 26.3. The van der Waals surface area contributed by atoms with Gasteiger partial charge in [0.15, 0.2) is 0 Å². The summed E-state index contributed by atoms with van der Waals surface area (Å²) < 4.78 is 52.7. The monoisotopic (exact) mass is 496 g/mol. The topological polar surface area (TPSA) is 244 Å². The third-order valence-corrected chi connectivity index (χ3v) is 7.71. The SMILES string of the molecule is Cc1cn([C@H]2C[C@H](OCP(=O)(O)OP(=O)(O)OP(=O)(O)O)[C@@H](CO)O2)c(=O)[nH]c1=O. The first-order valence-corrected chi connectivity index (χ1v) is 12.7. The van der Waals surface area contributed by atoms with Crippen LogP contribution in [-0.4, -0.2) is 59.4 Å². The number of nitrogens with zero attached hydrogens (tertiary/aromatic N) is 1. The maximum Gasteiger partial charge on any atom is 0.488 e. The summed E-state index contributed by atoms with van der Waals surface area (Å²) in [5.41, 5.74) is -1.22. The van der Waals surface area contributed by atoms with Crippen LogP contribution in [-0.2, 0) is 31.8 Å². The van der Waals surface area contributed by atoms with Crippen LogP contribution in [0.15, 0.2) is 15.8 Å². The van der Waals surface area contributed by atoms with Crippen molar-refractivity contribution in [3.05, 3.63) is 32.6 Å². The van der Waals surface area contributed by atoms with Gasteiger partial charge in [0.1, 0.15) is 18.7 Å². The fraction of sp³-hybridized carbons (Fsp3) is 0.636. The van der Waals surface area contributed by atoms with Crippen molar-refractivity contribution in [2.45, 2.75) is 31.8 Å². The van der Waals surface area contributed by atoms with Crippen LogP contribution in [0.3, 0.4) is 0 Å². The van der Waals surface area contributed by atoms with E-state index in [0.717, 1.165) is 4.57 Å². The molecule has 0 saturated carbocycles. The standard InChI is InChI=1S/C11H19N2O14P3/c1-6-3-13(11(16)12-10(6)15)9-2-7(8(4-14)25-9)24-5-28(17,18)26-30(22,23)27-29(19,20)21/h3,7-9,14H,2,4-5H2,1H3,(H,17,18)(H,22,23)(H,12,15,16)(H2,19,20,21)/t7-,8+,9+/m0/s1. The molecule has 1 saturated heterocycles. The maximum atomic E-state index is 12.0. The predicted molar refractivity (Wildman–Crippen MR) is 95.3 cm³/mol. The zero-order valence-electron chi connectivity index (χ0n) is 15.1. The van der Waals surface area contributed by atoms with E-state index in [1.807, 2.05) is 0 Å². The van der Waals surface area contributed by atoms with E-state index in [-0.39, 0.29) is 12.0 Å². The van der Waals surface area contributed by atoms with E-state index in [1.165, 1.54) is 13.1 Å². The van der Waals surface area contributed by atoms with E-state index in [0.29, 0.717) is 0 Å². The lowest BCUT2D eigenvalue weighted by Gasteiger charge is -2.20. The molecular weight excluding hydrogens is 477 g/mol. The van der Waals surface area contributed by atoms with Gasteiger partial charge in [-0.1, -0.05) is 0 Å². The molecule has 1 aliphatic heterocycles. The van der Waals surface area contributed by atoms with E-state index >= 15 is 0 Å². The van der Waals surface area contributed by atoms with Crippen LogP contribution in [0.5, 0.6) is 0 Å². The second-order valence-electron chi connectivity index (χ2n) is 6.12. The quantitative estimate of drug-likeness (QED) is 0.222. The van der Waals surface area contributed by atoms with Crippen molar-refractivity contribution in [2.24, 2.45) is 0 Å². The van der Waals surface area contributed by atoms with Gasteiger partial charge in [0.2, 0.25) is 0 Å². The third-order valence-electron chi connectivity index (χ3n) is 3.71. The first-order valence-electron chi connectivity index (χ1n) is 7.95. The number of aliphatic hydroxyl groups excluding tert-OH is 1. The van der Waals surface area contributed by atoms with E-state index in [9.17, 15) is 33.3 Å². The molecule has 19 heteroatoms. The van der Waals surface area contributed by atoms with Crippen molar-refractivity contribution < 1.29 is 56.5 Å². The van der Waals surface area contributed by atoms with Crippen LogP contribution in [0, 0.1) is 6.92 Å². The van der Waals surface area contributed by atoms with Crippen LogP contribution >= 0.6 is 23.2 Å². The highest BCUT2D eigenvalue weighted by molar-refractivity contribution is 7.68. The van der Waals surface area contributed by atoms with Crippen LogP contribution in [0.4, 0.5) is 0 Å². The number of aliphatic hydroxyl groups is 1. The summed E-state index contributed by atoms with van der Waals surface area (Å²) in [7, 11) is -16.2. The first-order chi connectivity index (χ1) is 13.6. The predicted octanol–water partition coefficient (Wildman–Crippen LogP) is -1.12. The summed E-state index contributed by atoms with van der Waals surface area (Å²) in [6.45, 7) is 0.808. The highest BCUT2D eigenvalue weighted by Gasteiger charge is 2.42. The van der Waals surface area contributed by atoms with E-state index in [2.05, 4.69) is 13.6 Å². The van der Waals surface area contributed by atoms with Crippen molar-refractivity contribution in [2.75, 3.05) is 13.0 Å². The molecule has 1 aromatic heterocycles. The summed E-state index contributed by atoms with van der Waals surface area (Å²) >= 11 is 0. The Morgan fingerprint density at radius 2 is 1.83 bits per heavy atom. The van der Waals surface area contributed by atoms with Gasteiger partial charge in [-0.15, -0.1) is 0 Å². The molecule has 1 fully saturated rings. The second kappa shape index (κ2) is 9.25. The molecule has 2 unspecified atom stereocenters. The molecule has 0 aromatic carbocycles. The molecule has 0 bridgehead atoms. The molecule has 2 rings (SSSR count). The molecule has 0 spiro atoms. The minimum atomic E-state index is -5.61. The summed E-state index contributed by atoms with van der Waals surface area (Å²) in [5.74, 6) is 0. The van der Waals surface area contributed by atoms with Gasteiger partial charge in [0, 0.05) is 18.2 Å². The molecule has 2 heterocycles. The number of nitrogens with one attached hydrogen (secondary N) is 1. The van der Waals surface area contributed by atoms with Gasteiger partial charge in [-0.3, -0.25) is 18.9 Å². The third kappa shape index (κ3) is 7.02. The van der Waals surface area contributed by atoms with Crippen LogP contribution < -0.4 is 11.2 Å². The molecule has 0 radical (unpaired) electrons. The Balaban J connectivity index is 2.08. The highest BCUT2D eigenvalue weighted by Crippen LogP contribution is 2.66. The maximum absolute atomic E-state index is 12.0.